The van der Waals surface area contributed by atoms with Crippen molar-refractivity contribution >= 4 is 46.6 Å². The Hall–Kier alpha value is -4.46. The van der Waals surface area contributed by atoms with Crippen LogP contribution in [-0.2, 0) is 0 Å². The largest absolute Gasteiger partial charge is 0.498 e. The number of hydrogen-bond donors (Lipinski definition) is 0. The molecule has 0 aliphatic heterocycles. The molecule has 0 unspecified atom stereocenters. The number of hydrogen-bond acceptors (Lipinski definition) is 0. The maximum Gasteiger partial charge on any atom is 0.251 e. The SMILES string of the molecule is Fc1c(F)c(F)c([B-](F)(c2c(F)c(F)c(F)c(F)c2F)c2c(F)c(F)c([PH+](c3ccccc3)c3ccccc3)c(F)c2F)c(F)c1F. The average molecular weight is 698 g/mol. The maximum atomic E-state index is 17.3. The van der Waals surface area contributed by atoms with Crippen LogP contribution in [0.1, 0.15) is 0 Å². The fourth-order valence-electron chi connectivity index (χ4n) is 5.26. The maximum absolute atomic E-state index is 17.3. The Morgan fingerprint density at radius 3 is 0.830 bits per heavy atom. The first-order chi connectivity index (χ1) is 22.1. The van der Waals surface area contributed by atoms with Crippen LogP contribution in [0.4, 0.5) is 65.8 Å². The van der Waals surface area contributed by atoms with Crippen LogP contribution in [-0.4, -0.2) is 6.42 Å². The van der Waals surface area contributed by atoms with Gasteiger partial charge in [0.25, 0.3) is 6.42 Å². The molecule has 0 spiro atoms. The highest BCUT2D eigenvalue weighted by atomic mass is 31.1. The van der Waals surface area contributed by atoms with Crippen molar-refractivity contribution in [2.24, 2.45) is 0 Å². The lowest BCUT2D eigenvalue weighted by molar-refractivity contribution is 0.380. The van der Waals surface area contributed by atoms with E-state index in [0.29, 0.717) is 0 Å². The standard InChI is InChI=1S/C30H10BF15P/c32-16-13(17(33)23(39)26(42)22(16)38)31(46,14-18(34)24(40)27(43)25(41)19(14)35)15-20(36)28(44)30(29(45)21(15)37)47(11-7-3-1-4-8-11)12-9-5-2-6-10-12/h1-10H/q-1/p+1. The van der Waals surface area contributed by atoms with Crippen LogP contribution in [0.25, 0.3) is 0 Å². The molecular weight excluding hydrogens is 687 g/mol. The molecule has 47 heavy (non-hydrogen) atoms. The zero-order valence-electron chi connectivity index (χ0n) is 22.5. The first-order valence-electron chi connectivity index (χ1n) is 12.8. The molecule has 0 N–H and O–H groups in total. The molecule has 0 aliphatic carbocycles. The van der Waals surface area contributed by atoms with Gasteiger partial charge in [0.15, 0.2) is 40.2 Å². The highest BCUT2D eigenvalue weighted by Gasteiger charge is 2.50. The van der Waals surface area contributed by atoms with Gasteiger partial charge in [0, 0.05) is 0 Å². The van der Waals surface area contributed by atoms with Gasteiger partial charge >= 0.3 is 0 Å². The van der Waals surface area contributed by atoms with Crippen LogP contribution in [0, 0.1) is 81.4 Å². The topological polar surface area (TPSA) is 0 Å². The highest BCUT2D eigenvalue weighted by molar-refractivity contribution is 7.79. The highest BCUT2D eigenvalue weighted by Crippen LogP contribution is 2.37. The fraction of sp³-hybridized carbons (Fsp3) is 0. The lowest BCUT2D eigenvalue weighted by Gasteiger charge is -2.37. The molecule has 17 heteroatoms. The smallest absolute Gasteiger partial charge is 0.251 e. The summed E-state index contributed by atoms with van der Waals surface area (Å²) in [5.74, 6) is -43.4. The first kappa shape index (κ1) is 33.9. The Bertz CT molecular complexity index is 1860. The van der Waals surface area contributed by atoms with E-state index in [-0.39, 0.29) is 10.6 Å². The van der Waals surface area contributed by atoms with Crippen molar-refractivity contribution in [1.29, 1.82) is 0 Å². The molecule has 0 saturated carbocycles. The van der Waals surface area contributed by atoms with E-state index in [1.807, 2.05) is 0 Å². The predicted octanol–water partition coefficient (Wildman–Crippen LogP) is 6.06. The van der Waals surface area contributed by atoms with Crippen molar-refractivity contribution in [3.05, 3.63) is 142 Å². The van der Waals surface area contributed by atoms with E-state index in [1.54, 1.807) is 0 Å². The summed E-state index contributed by atoms with van der Waals surface area (Å²) in [6.07, 6.45) is -6.88. The zero-order valence-corrected chi connectivity index (χ0v) is 23.5. The second-order valence-electron chi connectivity index (χ2n) is 9.88. The normalized spacial score (nSPS) is 11.9. The second kappa shape index (κ2) is 12.3. The second-order valence-corrected chi connectivity index (χ2v) is 12.3. The van der Waals surface area contributed by atoms with Gasteiger partial charge in [-0.05, 0) is 24.3 Å². The van der Waals surface area contributed by atoms with Crippen molar-refractivity contribution < 1.29 is 65.8 Å². The third-order valence-electron chi connectivity index (χ3n) is 7.35. The lowest BCUT2D eigenvalue weighted by atomic mass is 9.30. The number of rotatable bonds is 6. The summed E-state index contributed by atoms with van der Waals surface area (Å²) < 4.78 is 226. The van der Waals surface area contributed by atoms with E-state index < -0.39 is 117 Å². The molecule has 5 rings (SSSR count). The molecule has 5 aromatic carbocycles. The average Bonchev–Trinajstić information content (AvgIpc) is 3.06. The Kier molecular flexibility index (Phi) is 8.86. The molecule has 0 amide bonds. The quantitative estimate of drug-likeness (QED) is 0.0666. The summed E-state index contributed by atoms with van der Waals surface area (Å²) in [7, 11) is -3.22. The molecule has 0 aliphatic rings. The molecule has 0 atom stereocenters. The Balaban J connectivity index is 2.00. The molecule has 0 radical (unpaired) electrons. The van der Waals surface area contributed by atoms with Gasteiger partial charge in [-0.25, -0.2) is 52.7 Å². The molecule has 0 aromatic heterocycles. The predicted molar refractivity (Wildman–Crippen MR) is 145 cm³/mol. The van der Waals surface area contributed by atoms with Gasteiger partial charge in [-0.1, -0.05) is 52.8 Å². The van der Waals surface area contributed by atoms with Crippen LogP contribution in [0.5, 0.6) is 0 Å². The van der Waals surface area contributed by atoms with E-state index in [4.69, 9.17) is 0 Å². The Morgan fingerprint density at radius 1 is 0.319 bits per heavy atom. The Morgan fingerprint density at radius 2 is 0.553 bits per heavy atom. The number of benzene rings is 5. The van der Waals surface area contributed by atoms with Crippen LogP contribution >= 0.6 is 7.92 Å². The van der Waals surface area contributed by atoms with E-state index in [0.717, 1.165) is 0 Å². The third kappa shape index (κ3) is 5.04. The summed E-state index contributed by atoms with van der Waals surface area (Å²) in [4.78, 5) is 0. The fourth-order valence-corrected chi connectivity index (χ4v) is 7.88. The molecule has 244 valence electrons. The van der Waals surface area contributed by atoms with Crippen LogP contribution in [0.2, 0.25) is 0 Å². The van der Waals surface area contributed by atoms with Crippen molar-refractivity contribution in [2.45, 2.75) is 0 Å². The zero-order chi connectivity index (χ0) is 34.7. The van der Waals surface area contributed by atoms with E-state index in [1.165, 1.54) is 60.7 Å². The van der Waals surface area contributed by atoms with Gasteiger partial charge in [0.1, 0.15) is 53.4 Å². The number of halogens is 15. The summed E-state index contributed by atoms with van der Waals surface area (Å²) in [6.45, 7) is 0. The van der Waals surface area contributed by atoms with Crippen molar-refractivity contribution in [3.63, 3.8) is 0 Å². The van der Waals surface area contributed by atoms with Crippen molar-refractivity contribution in [1.82, 2.24) is 0 Å². The van der Waals surface area contributed by atoms with Gasteiger partial charge in [-0.15, -0.1) is 0 Å². The molecule has 0 saturated heterocycles. The van der Waals surface area contributed by atoms with Crippen molar-refractivity contribution in [3.8, 4) is 0 Å². The van der Waals surface area contributed by atoms with E-state index in [9.17, 15) is 26.3 Å². The monoisotopic (exact) mass is 698 g/mol. The molecule has 0 fully saturated rings. The van der Waals surface area contributed by atoms with Gasteiger partial charge in [-0.3, -0.25) is 0 Å². The van der Waals surface area contributed by atoms with E-state index in [2.05, 4.69) is 0 Å². The van der Waals surface area contributed by atoms with E-state index >= 15 is 39.4 Å². The Labute approximate surface area is 254 Å². The van der Waals surface area contributed by atoms with Gasteiger partial charge in [0.2, 0.25) is 11.6 Å². The minimum absolute atomic E-state index is 0.0182. The molecular formula is C30H11BF15P. The van der Waals surface area contributed by atoms with Gasteiger partial charge in [-0.2, -0.15) is 8.78 Å². The van der Waals surface area contributed by atoms with Gasteiger partial charge < -0.3 is 4.32 Å². The molecule has 0 nitrogen and oxygen atoms in total. The lowest BCUT2D eigenvalue weighted by Crippen LogP contribution is -2.70. The molecule has 5 aromatic rings. The van der Waals surface area contributed by atoms with Crippen molar-refractivity contribution in [2.75, 3.05) is 0 Å². The molecule has 0 heterocycles. The van der Waals surface area contributed by atoms with Crippen LogP contribution < -0.4 is 32.3 Å². The molecule has 0 bridgehead atoms. The first-order valence-corrected chi connectivity index (χ1v) is 14.3. The summed E-state index contributed by atoms with van der Waals surface area (Å²) >= 11 is 0. The van der Waals surface area contributed by atoms with Crippen LogP contribution in [0.15, 0.2) is 60.7 Å². The van der Waals surface area contributed by atoms with Crippen LogP contribution in [0.3, 0.4) is 0 Å². The minimum atomic E-state index is -6.88. The third-order valence-corrected chi connectivity index (χ3v) is 10.1. The minimum Gasteiger partial charge on any atom is -0.498 e. The van der Waals surface area contributed by atoms with Gasteiger partial charge in [0.05, 0.1) is 0 Å². The summed E-state index contributed by atoms with van der Waals surface area (Å²) in [5.41, 5.74) is -9.45. The summed E-state index contributed by atoms with van der Waals surface area (Å²) in [6, 6.07) is 13.3. The summed E-state index contributed by atoms with van der Waals surface area (Å²) in [5, 5.41) is -1.45.